The van der Waals surface area contributed by atoms with Crippen molar-refractivity contribution < 1.29 is 22.7 Å². The fourth-order valence-electron chi connectivity index (χ4n) is 4.06. The Morgan fingerprint density at radius 3 is 2.50 bits per heavy atom. The van der Waals surface area contributed by atoms with Crippen molar-refractivity contribution in [3.63, 3.8) is 0 Å². The van der Waals surface area contributed by atoms with E-state index in [-0.39, 0.29) is 22.4 Å². The van der Waals surface area contributed by atoms with Gasteiger partial charge in [0.1, 0.15) is 18.1 Å². The van der Waals surface area contributed by atoms with Crippen molar-refractivity contribution in [2.75, 3.05) is 25.0 Å². The zero-order chi connectivity index (χ0) is 25.5. The molecule has 0 aromatic heterocycles. The molecule has 4 rings (SSSR count). The molecule has 0 radical (unpaired) electrons. The molecular formula is C27H29ClN2O5S. The minimum atomic E-state index is -3.79. The molecule has 190 valence electrons. The van der Waals surface area contributed by atoms with Gasteiger partial charge in [-0.05, 0) is 67.8 Å². The van der Waals surface area contributed by atoms with E-state index < -0.39 is 15.9 Å². The van der Waals surface area contributed by atoms with Gasteiger partial charge in [0, 0.05) is 18.8 Å². The maximum atomic E-state index is 13.2. The number of carbonyl (C=O) groups is 1. The fourth-order valence-corrected chi connectivity index (χ4v) is 5.91. The van der Waals surface area contributed by atoms with Crippen LogP contribution in [0.15, 0.2) is 77.7 Å². The van der Waals surface area contributed by atoms with Gasteiger partial charge in [-0.3, -0.25) is 4.79 Å². The lowest BCUT2D eigenvalue weighted by Crippen LogP contribution is -2.43. The van der Waals surface area contributed by atoms with Crippen molar-refractivity contribution in [2.45, 2.75) is 31.3 Å². The van der Waals surface area contributed by atoms with Crippen LogP contribution in [-0.2, 0) is 21.4 Å². The first kappa shape index (κ1) is 26.0. The van der Waals surface area contributed by atoms with Crippen LogP contribution in [-0.4, -0.2) is 38.3 Å². The number of benzene rings is 3. The lowest BCUT2D eigenvalue weighted by Gasteiger charge is -2.31. The molecule has 1 aliphatic rings. The number of nitrogens with zero attached hydrogens (tertiary/aromatic N) is 1. The summed E-state index contributed by atoms with van der Waals surface area (Å²) in [6.45, 7) is 3.17. The smallest absolute Gasteiger partial charge is 0.243 e. The van der Waals surface area contributed by atoms with E-state index in [0.29, 0.717) is 49.8 Å². The highest BCUT2D eigenvalue weighted by atomic mass is 35.5. The zero-order valence-electron chi connectivity index (χ0n) is 20.0. The van der Waals surface area contributed by atoms with Crippen LogP contribution in [0.4, 0.5) is 5.69 Å². The molecule has 1 saturated heterocycles. The summed E-state index contributed by atoms with van der Waals surface area (Å²) in [4.78, 5) is 13.0. The number of hydrogen-bond donors (Lipinski definition) is 1. The largest absolute Gasteiger partial charge is 0.492 e. The van der Waals surface area contributed by atoms with Gasteiger partial charge in [-0.2, -0.15) is 4.31 Å². The van der Waals surface area contributed by atoms with E-state index in [9.17, 15) is 13.2 Å². The Balaban J connectivity index is 1.36. The topological polar surface area (TPSA) is 84.9 Å². The molecule has 1 heterocycles. The Morgan fingerprint density at radius 1 is 1.06 bits per heavy atom. The molecule has 1 N–H and O–H groups in total. The highest BCUT2D eigenvalue weighted by Crippen LogP contribution is 2.31. The molecule has 1 atom stereocenters. The van der Waals surface area contributed by atoms with Crippen LogP contribution in [0, 0.1) is 5.92 Å². The Labute approximate surface area is 217 Å². The van der Waals surface area contributed by atoms with E-state index >= 15 is 0 Å². The molecule has 0 saturated carbocycles. The van der Waals surface area contributed by atoms with Crippen LogP contribution in [0.1, 0.15) is 25.3 Å². The number of piperidine rings is 1. The minimum absolute atomic E-state index is 0.0862. The monoisotopic (exact) mass is 528 g/mol. The molecule has 0 aliphatic carbocycles. The maximum Gasteiger partial charge on any atom is 0.243 e. The Bertz CT molecular complexity index is 1280. The quantitative estimate of drug-likeness (QED) is 0.404. The van der Waals surface area contributed by atoms with Crippen LogP contribution in [0.2, 0.25) is 5.02 Å². The molecule has 3 aromatic carbocycles. The van der Waals surface area contributed by atoms with Gasteiger partial charge in [-0.15, -0.1) is 0 Å². The average Bonchev–Trinajstić information content (AvgIpc) is 2.90. The van der Waals surface area contributed by atoms with Crippen LogP contribution in [0.25, 0.3) is 0 Å². The number of hydrogen-bond acceptors (Lipinski definition) is 5. The first-order chi connectivity index (χ1) is 17.4. The van der Waals surface area contributed by atoms with E-state index in [4.69, 9.17) is 21.1 Å². The third-order valence-corrected chi connectivity index (χ3v) is 8.12. The van der Waals surface area contributed by atoms with Gasteiger partial charge >= 0.3 is 0 Å². The second-order valence-electron chi connectivity index (χ2n) is 8.52. The SMILES string of the molecule is CCOc1ccc(S(=O)(=O)N2CCC[C@H](C(=O)Nc3ccc(OCc4ccccc4)cc3)C2)cc1Cl. The van der Waals surface area contributed by atoms with E-state index in [0.717, 1.165) is 5.56 Å². The second kappa shape index (κ2) is 11.8. The maximum absolute atomic E-state index is 13.2. The number of ether oxygens (including phenoxy) is 2. The van der Waals surface area contributed by atoms with Crippen molar-refractivity contribution in [3.8, 4) is 11.5 Å². The van der Waals surface area contributed by atoms with E-state index in [1.54, 1.807) is 30.3 Å². The molecular weight excluding hydrogens is 500 g/mol. The number of amides is 1. The third kappa shape index (κ3) is 6.37. The summed E-state index contributed by atoms with van der Waals surface area (Å²) in [5.41, 5.74) is 1.70. The molecule has 0 unspecified atom stereocenters. The molecule has 3 aromatic rings. The lowest BCUT2D eigenvalue weighted by atomic mass is 9.99. The van der Waals surface area contributed by atoms with Crippen LogP contribution in [0.3, 0.4) is 0 Å². The molecule has 1 aliphatic heterocycles. The highest BCUT2D eigenvalue weighted by Gasteiger charge is 2.33. The molecule has 7 nitrogen and oxygen atoms in total. The summed E-state index contributed by atoms with van der Waals surface area (Å²) in [5.74, 6) is 0.463. The van der Waals surface area contributed by atoms with Crippen LogP contribution < -0.4 is 14.8 Å². The minimum Gasteiger partial charge on any atom is -0.492 e. The summed E-state index contributed by atoms with van der Waals surface area (Å²) in [6, 6.07) is 21.4. The summed E-state index contributed by atoms with van der Waals surface area (Å²) >= 11 is 6.20. The number of halogens is 1. The highest BCUT2D eigenvalue weighted by molar-refractivity contribution is 7.89. The predicted octanol–water partition coefficient (Wildman–Crippen LogP) is 5.36. The molecule has 0 bridgehead atoms. The fraction of sp³-hybridized carbons (Fsp3) is 0.296. The van der Waals surface area contributed by atoms with Gasteiger partial charge in [0.05, 0.1) is 22.4 Å². The summed E-state index contributed by atoms with van der Waals surface area (Å²) in [7, 11) is -3.79. The van der Waals surface area contributed by atoms with Crippen molar-refractivity contribution in [2.24, 2.45) is 5.92 Å². The summed E-state index contributed by atoms with van der Waals surface area (Å²) in [5, 5.41) is 3.14. The Hall–Kier alpha value is -3.07. The molecule has 9 heteroatoms. The summed E-state index contributed by atoms with van der Waals surface area (Å²) < 4.78 is 39.0. The standard InChI is InChI=1S/C27H29ClN2O5S/c1-2-34-26-15-14-24(17-25(26)28)36(32,33)30-16-6-9-21(18-30)27(31)29-22-10-12-23(13-11-22)35-19-20-7-4-3-5-8-20/h3-5,7-8,10-15,17,21H,2,6,9,16,18-19H2,1H3,(H,29,31)/t21-/m0/s1. The van der Waals surface area contributed by atoms with Crippen molar-refractivity contribution in [1.82, 2.24) is 4.31 Å². The summed E-state index contributed by atoms with van der Waals surface area (Å²) in [6.07, 6.45) is 1.20. The normalized spacial score (nSPS) is 16.3. The zero-order valence-corrected chi connectivity index (χ0v) is 21.6. The number of nitrogens with one attached hydrogen (secondary N) is 1. The van der Waals surface area contributed by atoms with Gasteiger partial charge in [0.15, 0.2) is 0 Å². The average molecular weight is 529 g/mol. The Morgan fingerprint density at radius 2 is 1.81 bits per heavy atom. The predicted molar refractivity (Wildman–Crippen MR) is 140 cm³/mol. The van der Waals surface area contributed by atoms with Gasteiger partial charge in [0.25, 0.3) is 0 Å². The molecule has 0 spiro atoms. The van der Waals surface area contributed by atoms with Gasteiger partial charge in [0.2, 0.25) is 15.9 Å². The number of carbonyl (C=O) groups excluding carboxylic acids is 1. The first-order valence-electron chi connectivity index (χ1n) is 11.9. The number of sulfonamides is 1. The van der Waals surface area contributed by atoms with Gasteiger partial charge < -0.3 is 14.8 Å². The van der Waals surface area contributed by atoms with E-state index in [1.807, 2.05) is 37.3 Å². The number of rotatable bonds is 9. The van der Waals surface area contributed by atoms with Crippen molar-refractivity contribution in [3.05, 3.63) is 83.4 Å². The molecule has 36 heavy (non-hydrogen) atoms. The van der Waals surface area contributed by atoms with Crippen molar-refractivity contribution >= 4 is 33.2 Å². The first-order valence-corrected chi connectivity index (χ1v) is 13.7. The van der Waals surface area contributed by atoms with Gasteiger partial charge in [-0.25, -0.2) is 8.42 Å². The lowest BCUT2D eigenvalue weighted by molar-refractivity contribution is -0.120. The molecule has 1 fully saturated rings. The van der Waals surface area contributed by atoms with E-state index in [2.05, 4.69) is 5.32 Å². The van der Waals surface area contributed by atoms with Crippen LogP contribution >= 0.6 is 11.6 Å². The van der Waals surface area contributed by atoms with Gasteiger partial charge in [-0.1, -0.05) is 41.9 Å². The van der Waals surface area contributed by atoms with Crippen molar-refractivity contribution in [1.29, 1.82) is 0 Å². The van der Waals surface area contributed by atoms with E-state index in [1.165, 1.54) is 16.4 Å². The van der Waals surface area contributed by atoms with Crippen LogP contribution in [0.5, 0.6) is 11.5 Å². The molecule has 1 amide bonds. The number of anilines is 1. The third-order valence-electron chi connectivity index (χ3n) is 5.97. The second-order valence-corrected chi connectivity index (χ2v) is 10.9. The Kier molecular flexibility index (Phi) is 8.51.